The highest BCUT2D eigenvalue weighted by Gasteiger charge is 2.41. The van der Waals surface area contributed by atoms with Crippen LogP contribution in [0, 0.1) is 19.8 Å². The van der Waals surface area contributed by atoms with E-state index in [4.69, 9.17) is 4.74 Å². The number of aryl methyl sites for hydroxylation is 2. The molecule has 4 rings (SSSR count). The van der Waals surface area contributed by atoms with E-state index in [1.54, 1.807) is 7.11 Å². The van der Waals surface area contributed by atoms with E-state index in [9.17, 15) is 0 Å². The minimum Gasteiger partial charge on any atom is -0.495 e. The van der Waals surface area contributed by atoms with Gasteiger partial charge in [0.2, 0.25) is 0 Å². The summed E-state index contributed by atoms with van der Waals surface area (Å²) in [5.74, 6) is 2.39. The van der Waals surface area contributed by atoms with Gasteiger partial charge in [-0.1, -0.05) is 25.1 Å². The third kappa shape index (κ3) is 3.84. The second kappa shape index (κ2) is 7.85. The Morgan fingerprint density at radius 3 is 2.45 bits per heavy atom. The molecule has 1 aromatic heterocycles. The normalized spacial score (nSPS) is 21.7. The van der Waals surface area contributed by atoms with Crippen LogP contribution in [0.1, 0.15) is 49.6 Å². The van der Waals surface area contributed by atoms with Gasteiger partial charge in [-0.15, -0.1) is 5.10 Å². The van der Waals surface area contributed by atoms with Gasteiger partial charge in [0, 0.05) is 0 Å². The van der Waals surface area contributed by atoms with Crippen LogP contribution in [0.15, 0.2) is 42.5 Å². The molecule has 0 unspecified atom stereocenters. The third-order valence-corrected chi connectivity index (χ3v) is 5.96. The van der Waals surface area contributed by atoms with E-state index < -0.39 is 0 Å². The number of ether oxygens (including phenoxy) is 1. The van der Waals surface area contributed by atoms with Gasteiger partial charge < -0.3 is 10.1 Å². The first-order valence-electron chi connectivity index (χ1n) is 10.3. The van der Waals surface area contributed by atoms with Crippen molar-refractivity contribution < 1.29 is 4.74 Å². The summed E-state index contributed by atoms with van der Waals surface area (Å²) in [5.41, 5.74) is 4.03. The molecule has 3 aromatic rings. The lowest BCUT2D eigenvalue weighted by molar-refractivity contribution is 0.254. The van der Waals surface area contributed by atoms with Crippen LogP contribution in [-0.4, -0.2) is 27.3 Å². The van der Waals surface area contributed by atoms with Gasteiger partial charge in [0.05, 0.1) is 24.0 Å². The molecule has 29 heavy (non-hydrogen) atoms. The smallest absolute Gasteiger partial charge is 0.181 e. The molecule has 0 amide bonds. The van der Waals surface area contributed by atoms with Crippen LogP contribution >= 0.6 is 0 Å². The average Bonchev–Trinajstić information content (AvgIpc) is 3.20. The Hall–Kier alpha value is -2.89. The molecule has 0 saturated heterocycles. The molecular weight excluding hydrogens is 362 g/mol. The Balaban J connectivity index is 1.80. The van der Waals surface area contributed by atoms with Crippen molar-refractivity contribution in [3.63, 3.8) is 0 Å². The highest BCUT2D eigenvalue weighted by molar-refractivity contribution is 5.58. The van der Waals surface area contributed by atoms with E-state index in [0.29, 0.717) is 5.92 Å². The zero-order chi connectivity index (χ0) is 20.4. The predicted octanol–water partition coefficient (Wildman–Crippen LogP) is 4.81. The van der Waals surface area contributed by atoms with Gasteiger partial charge in [0.25, 0.3) is 0 Å². The number of tetrazole rings is 1. The van der Waals surface area contributed by atoms with Crippen LogP contribution in [-0.2, 0) is 5.54 Å². The lowest BCUT2D eigenvalue weighted by Crippen LogP contribution is -2.41. The molecule has 0 atom stereocenters. The van der Waals surface area contributed by atoms with Crippen molar-refractivity contribution in [1.29, 1.82) is 0 Å². The fraction of sp³-hybridized carbons (Fsp3) is 0.435. The molecule has 152 valence electrons. The van der Waals surface area contributed by atoms with Crippen molar-refractivity contribution in [3.05, 3.63) is 59.4 Å². The zero-order valence-electron chi connectivity index (χ0n) is 17.6. The maximum Gasteiger partial charge on any atom is 0.181 e. The van der Waals surface area contributed by atoms with E-state index in [1.807, 2.05) is 22.9 Å². The highest BCUT2D eigenvalue weighted by Crippen LogP contribution is 2.43. The number of hydrogen-bond acceptors (Lipinski definition) is 5. The molecule has 1 aliphatic carbocycles. The largest absolute Gasteiger partial charge is 0.495 e. The molecule has 0 spiro atoms. The Labute approximate surface area is 172 Å². The summed E-state index contributed by atoms with van der Waals surface area (Å²) in [6.45, 7) is 6.53. The minimum atomic E-state index is -0.345. The van der Waals surface area contributed by atoms with E-state index in [2.05, 4.69) is 65.9 Å². The number of aromatic nitrogens is 4. The summed E-state index contributed by atoms with van der Waals surface area (Å²) < 4.78 is 7.50. The van der Waals surface area contributed by atoms with E-state index in [1.165, 1.54) is 11.1 Å². The first kappa shape index (κ1) is 19.4. The molecule has 0 aliphatic heterocycles. The third-order valence-electron chi connectivity index (χ3n) is 5.96. The highest BCUT2D eigenvalue weighted by atomic mass is 16.5. The summed E-state index contributed by atoms with van der Waals surface area (Å²) in [5, 5.41) is 16.8. The van der Waals surface area contributed by atoms with Gasteiger partial charge in [-0.25, -0.2) is 0 Å². The number of rotatable bonds is 5. The number of anilines is 1. The number of nitrogens with one attached hydrogen (secondary N) is 1. The van der Waals surface area contributed by atoms with Gasteiger partial charge in [-0.3, -0.25) is 0 Å². The van der Waals surface area contributed by atoms with Gasteiger partial charge in [0.1, 0.15) is 5.75 Å². The van der Waals surface area contributed by atoms with Crippen molar-refractivity contribution in [3.8, 4) is 11.4 Å². The number of para-hydroxylation sites is 2. The summed E-state index contributed by atoms with van der Waals surface area (Å²) in [7, 11) is 1.70. The Morgan fingerprint density at radius 1 is 1.07 bits per heavy atom. The van der Waals surface area contributed by atoms with Crippen molar-refractivity contribution in [2.45, 2.75) is 52.0 Å². The van der Waals surface area contributed by atoms with Gasteiger partial charge in [0.15, 0.2) is 5.82 Å². The fourth-order valence-electron chi connectivity index (χ4n) is 4.40. The monoisotopic (exact) mass is 391 g/mol. The molecule has 1 saturated carbocycles. The summed E-state index contributed by atoms with van der Waals surface area (Å²) in [4.78, 5) is 0. The standard InChI is InChI=1S/C23H29N5O/c1-16-9-11-23(12-10-16,24-20-7-5-6-8-21(20)29-4)22-25-26-27-28(22)19-14-17(2)13-18(3)15-19/h5-8,13-16,24H,9-12H2,1-4H3. The molecule has 6 nitrogen and oxygen atoms in total. The first-order valence-corrected chi connectivity index (χ1v) is 10.3. The number of hydrogen-bond donors (Lipinski definition) is 1. The molecule has 1 N–H and O–H groups in total. The van der Waals surface area contributed by atoms with Crippen molar-refractivity contribution >= 4 is 5.69 Å². The molecule has 1 heterocycles. The van der Waals surface area contributed by atoms with E-state index in [-0.39, 0.29) is 5.54 Å². The second-order valence-electron chi connectivity index (χ2n) is 8.35. The quantitative estimate of drug-likeness (QED) is 0.676. The maximum absolute atomic E-state index is 5.60. The summed E-state index contributed by atoms with van der Waals surface area (Å²) in [6, 6.07) is 14.5. The van der Waals surface area contributed by atoms with Crippen LogP contribution in [0.2, 0.25) is 0 Å². The molecule has 6 heteroatoms. The van der Waals surface area contributed by atoms with E-state index in [0.717, 1.165) is 48.6 Å². The van der Waals surface area contributed by atoms with Gasteiger partial charge in [-0.05, 0) is 91.3 Å². The Bertz CT molecular complexity index is 968. The molecule has 1 fully saturated rings. The number of nitrogens with zero attached hydrogens (tertiary/aromatic N) is 4. The van der Waals surface area contributed by atoms with Crippen LogP contribution < -0.4 is 10.1 Å². The van der Waals surface area contributed by atoms with E-state index >= 15 is 0 Å². The Kier molecular flexibility index (Phi) is 5.26. The predicted molar refractivity (Wildman–Crippen MR) is 115 cm³/mol. The first-order chi connectivity index (χ1) is 14.0. The molecular formula is C23H29N5O. The molecule has 0 radical (unpaired) electrons. The van der Waals surface area contributed by atoms with Crippen molar-refractivity contribution in [2.75, 3.05) is 12.4 Å². The molecule has 2 aromatic carbocycles. The average molecular weight is 392 g/mol. The second-order valence-corrected chi connectivity index (χ2v) is 8.35. The SMILES string of the molecule is COc1ccccc1NC1(c2nnnn2-c2cc(C)cc(C)c2)CCC(C)CC1. The van der Waals surface area contributed by atoms with Crippen LogP contribution in [0.3, 0.4) is 0 Å². The number of methoxy groups -OCH3 is 1. The van der Waals surface area contributed by atoms with Crippen molar-refractivity contribution in [1.82, 2.24) is 20.2 Å². The minimum absolute atomic E-state index is 0.345. The van der Waals surface area contributed by atoms with Crippen LogP contribution in [0.5, 0.6) is 5.75 Å². The topological polar surface area (TPSA) is 64.9 Å². The summed E-state index contributed by atoms with van der Waals surface area (Å²) in [6.07, 6.45) is 4.19. The Morgan fingerprint density at radius 2 is 1.76 bits per heavy atom. The van der Waals surface area contributed by atoms with Crippen molar-refractivity contribution in [2.24, 2.45) is 5.92 Å². The van der Waals surface area contributed by atoms with Crippen LogP contribution in [0.25, 0.3) is 5.69 Å². The van der Waals surface area contributed by atoms with Gasteiger partial charge >= 0.3 is 0 Å². The zero-order valence-corrected chi connectivity index (χ0v) is 17.6. The molecule has 0 bridgehead atoms. The number of benzene rings is 2. The summed E-state index contributed by atoms with van der Waals surface area (Å²) >= 11 is 0. The van der Waals surface area contributed by atoms with Crippen LogP contribution in [0.4, 0.5) is 5.69 Å². The fourth-order valence-corrected chi connectivity index (χ4v) is 4.40. The maximum atomic E-state index is 5.60. The lowest BCUT2D eigenvalue weighted by Gasteiger charge is -2.40. The van der Waals surface area contributed by atoms with Gasteiger partial charge in [-0.2, -0.15) is 4.68 Å². The molecule has 1 aliphatic rings. The lowest BCUT2D eigenvalue weighted by atomic mass is 9.76.